The van der Waals surface area contributed by atoms with Crippen molar-refractivity contribution in [3.05, 3.63) is 62.9 Å². The highest BCUT2D eigenvalue weighted by atomic mass is 19.1. The maximum Gasteiger partial charge on any atom is 0.328 e. The monoisotopic (exact) mass is 428 g/mol. The van der Waals surface area contributed by atoms with E-state index in [2.05, 4.69) is 16.5 Å². The van der Waals surface area contributed by atoms with Gasteiger partial charge in [0.05, 0.1) is 23.8 Å². The summed E-state index contributed by atoms with van der Waals surface area (Å²) < 4.78 is 16.9. The average Bonchev–Trinajstić information content (AvgIpc) is 3.10. The van der Waals surface area contributed by atoms with Gasteiger partial charge in [0, 0.05) is 6.54 Å². The first-order chi connectivity index (χ1) is 15.1. The minimum atomic E-state index is -1.000. The normalized spacial score (nSPS) is 11.4. The SMILES string of the molecule is CCCCCCCCCCCCn1c(Cn2cc(F)c(=O)[nH]c2=O)nc2ccccc21. The Morgan fingerprint density at radius 2 is 1.58 bits per heavy atom. The van der Waals surface area contributed by atoms with Crippen LogP contribution in [0.4, 0.5) is 4.39 Å². The van der Waals surface area contributed by atoms with E-state index in [-0.39, 0.29) is 6.54 Å². The summed E-state index contributed by atoms with van der Waals surface area (Å²) >= 11 is 0. The predicted molar refractivity (Wildman–Crippen MR) is 122 cm³/mol. The van der Waals surface area contributed by atoms with Crippen LogP contribution in [0.25, 0.3) is 11.0 Å². The third kappa shape index (κ3) is 6.39. The smallest absolute Gasteiger partial charge is 0.326 e. The molecule has 0 aliphatic carbocycles. The number of nitrogens with zero attached hydrogens (tertiary/aromatic N) is 3. The molecule has 1 N–H and O–H groups in total. The molecular formula is C24H33FN4O2. The van der Waals surface area contributed by atoms with Crippen molar-refractivity contribution in [3.63, 3.8) is 0 Å². The number of halogens is 1. The van der Waals surface area contributed by atoms with Gasteiger partial charge in [0.1, 0.15) is 5.82 Å². The maximum atomic E-state index is 13.7. The van der Waals surface area contributed by atoms with Crippen molar-refractivity contribution in [3.8, 4) is 0 Å². The number of H-pyrrole nitrogens is 1. The number of aromatic nitrogens is 4. The van der Waals surface area contributed by atoms with Crippen LogP contribution >= 0.6 is 0 Å². The van der Waals surface area contributed by atoms with Gasteiger partial charge >= 0.3 is 5.69 Å². The first-order valence-electron chi connectivity index (χ1n) is 11.5. The van der Waals surface area contributed by atoms with E-state index in [4.69, 9.17) is 0 Å². The largest absolute Gasteiger partial charge is 0.328 e. The topological polar surface area (TPSA) is 72.7 Å². The predicted octanol–water partition coefficient (Wildman–Crippen LogP) is 4.99. The number of hydrogen-bond acceptors (Lipinski definition) is 3. The van der Waals surface area contributed by atoms with Crippen LogP contribution in [-0.2, 0) is 13.1 Å². The van der Waals surface area contributed by atoms with E-state index in [1.807, 2.05) is 29.2 Å². The Hall–Kier alpha value is -2.70. The Labute approximate surface area is 182 Å². The standard InChI is InChI=1S/C24H33FN4O2/c1-2-3-4-5-6-7-8-9-10-13-16-29-21-15-12-11-14-20(21)26-22(29)18-28-17-19(25)23(30)27-24(28)31/h11-12,14-15,17H,2-10,13,16,18H2,1H3,(H,27,30,31). The van der Waals surface area contributed by atoms with Crippen molar-refractivity contribution in [2.45, 2.75) is 84.2 Å². The van der Waals surface area contributed by atoms with Gasteiger partial charge in [-0.05, 0) is 18.6 Å². The third-order valence-corrected chi connectivity index (χ3v) is 5.75. The summed E-state index contributed by atoms with van der Waals surface area (Å²) in [7, 11) is 0. The van der Waals surface area contributed by atoms with Crippen LogP contribution < -0.4 is 11.2 Å². The number of nitrogens with one attached hydrogen (secondary N) is 1. The van der Waals surface area contributed by atoms with Crippen molar-refractivity contribution in [2.75, 3.05) is 0 Å². The zero-order valence-corrected chi connectivity index (χ0v) is 18.4. The van der Waals surface area contributed by atoms with Gasteiger partial charge in [-0.15, -0.1) is 0 Å². The number of aromatic amines is 1. The fourth-order valence-electron chi connectivity index (χ4n) is 4.01. The lowest BCUT2D eigenvalue weighted by molar-refractivity contribution is 0.522. The van der Waals surface area contributed by atoms with E-state index < -0.39 is 17.1 Å². The number of unbranched alkanes of at least 4 members (excludes halogenated alkanes) is 9. The van der Waals surface area contributed by atoms with Crippen LogP contribution in [0, 0.1) is 5.82 Å². The van der Waals surface area contributed by atoms with Gasteiger partial charge in [0.2, 0.25) is 5.82 Å². The summed E-state index contributed by atoms with van der Waals surface area (Å²) in [5, 5.41) is 0. The summed E-state index contributed by atoms with van der Waals surface area (Å²) in [6.07, 6.45) is 13.6. The van der Waals surface area contributed by atoms with Crippen LogP contribution in [0.3, 0.4) is 0 Å². The average molecular weight is 429 g/mol. The van der Waals surface area contributed by atoms with Gasteiger partial charge in [0.15, 0.2) is 0 Å². The molecule has 31 heavy (non-hydrogen) atoms. The molecule has 1 aromatic carbocycles. The second kappa shape index (κ2) is 11.6. The Morgan fingerprint density at radius 3 is 2.29 bits per heavy atom. The number of imidazole rings is 1. The third-order valence-electron chi connectivity index (χ3n) is 5.75. The van der Waals surface area contributed by atoms with Crippen molar-refractivity contribution in [1.29, 1.82) is 0 Å². The molecule has 3 rings (SSSR count). The van der Waals surface area contributed by atoms with E-state index in [1.165, 1.54) is 51.4 Å². The number of para-hydroxylation sites is 2. The Kier molecular flexibility index (Phi) is 8.62. The minimum absolute atomic E-state index is 0.110. The number of benzene rings is 1. The van der Waals surface area contributed by atoms with Gasteiger partial charge in [-0.3, -0.25) is 14.3 Å². The molecule has 3 aromatic rings. The Bertz CT molecular complexity index is 1080. The first kappa shape index (κ1) is 23.0. The van der Waals surface area contributed by atoms with E-state index in [1.54, 1.807) is 0 Å². The Morgan fingerprint density at radius 1 is 0.935 bits per heavy atom. The van der Waals surface area contributed by atoms with Gasteiger partial charge in [0.25, 0.3) is 5.56 Å². The number of fused-ring (bicyclic) bond motifs is 1. The lowest BCUT2D eigenvalue weighted by atomic mass is 10.1. The van der Waals surface area contributed by atoms with E-state index >= 15 is 0 Å². The second-order valence-electron chi connectivity index (χ2n) is 8.21. The molecule has 0 amide bonds. The molecule has 0 unspecified atom stereocenters. The molecule has 168 valence electrons. The molecule has 0 atom stereocenters. The van der Waals surface area contributed by atoms with Crippen molar-refractivity contribution < 1.29 is 4.39 Å². The summed E-state index contributed by atoms with van der Waals surface area (Å²) in [4.78, 5) is 30.0. The molecule has 0 radical (unpaired) electrons. The van der Waals surface area contributed by atoms with Crippen LogP contribution in [0.5, 0.6) is 0 Å². The van der Waals surface area contributed by atoms with Crippen LogP contribution in [0.1, 0.15) is 77.0 Å². The molecule has 2 heterocycles. The molecule has 0 aliphatic rings. The molecule has 0 spiro atoms. The molecular weight excluding hydrogens is 395 g/mol. The fraction of sp³-hybridized carbons (Fsp3) is 0.542. The molecule has 0 fully saturated rings. The van der Waals surface area contributed by atoms with Crippen molar-refractivity contribution in [2.24, 2.45) is 0 Å². The molecule has 2 aromatic heterocycles. The van der Waals surface area contributed by atoms with Gasteiger partial charge in [-0.25, -0.2) is 9.78 Å². The zero-order chi connectivity index (χ0) is 22.1. The van der Waals surface area contributed by atoms with Gasteiger partial charge in [-0.1, -0.05) is 76.8 Å². The summed E-state index contributed by atoms with van der Waals surface area (Å²) in [6, 6.07) is 7.84. The van der Waals surface area contributed by atoms with Gasteiger partial charge in [-0.2, -0.15) is 4.39 Å². The molecule has 7 heteroatoms. The molecule has 6 nitrogen and oxygen atoms in total. The molecule has 0 aliphatic heterocycles. The number of hydrogen-bond donors (Lipinski definition) is 1. The van der Waals surface area contributed by atoms with Crippen LogP contribution in [0.15, 0.2) is 40.1 Å². The molecule has 0 saturated carbocycles. The summed E-state index contributed by atoms with van der Waals surface area (Å²) in [5.41, 5.74) is 0.220. The highest BCUT2D eigenvalue weighted by Crippen LogP contribution is 2.18. The molecule has 0 bridgehead atoms. The summed E-state index contributed by atoms with van der Waals surface area (Å²) in [6.45, 7) is 3.15. The fourth-order valence-corrected chi connectivity index (χ4v) is 4.01. The highest BCUT2D eigenvalue weighted by molar-refractivity contribution is 5.75. The summed E-state index contributed by atoms with van der Waals surface area (Å²) in [5.74, 6) is -0.289. The van der Waals surface area contributed by atoms with Crippen LogP contribution in [-0.4, -0.2) is 19.1 Å². The lowest BCUT2D eigenvalue weighted by Crippen LogP contribution is -2.32. The number of aryl methyl sites for hydroxylation is 1. The number of rotatable bonds is 13. The van der Waals surface area contributed by atoms with E-state index in [9.17, 15) is 14.0 Å². The first-order valence-corrected chi connectivity index (χ1v) is 11.5. The Balaban J connectivity index is 1.59. The molecule has 0 saturated heterocycles. The van der Waals surface area contributed by atoms with E-state index in [0.29, 0.717) is 5.82 Å². The van der Waals surface area contributed by atoms with Crippen LogP contribution in [0.2, 0.25) is 0 Å². The second-order valence-corrected chi connectivity index (χ2v) is 8.21. The van der Waals surface area contributed by atoms with Crippen molar-refractivity contribution >= 4 is 11.0 Å². The lowest BCUT2D eigenvalue weighted by Gasteiger charge is -2.10. The van der Waals surface area contributed by atoms with E-state index in [0.717, 1.165) is 41.2 Å². The van der Waals surface area contributed by atoms with Crippen molar-refractivity contribution in [1.82, 2.24) is 19.1 Å². The highest BCUT2D eigenvalue weighted by Gasteiger charge is 2.13. The minimum Gasteiger partial charge on any atom is -0.326 e. The zero-order valence-electron chi connectivity index (χ0n) is 18.4. The quantitative estimate of drug-likeness (QED) is 0.390. The van der Waals surface area contributed by atoms with Gasteiger partial charge < -0.3 is 4.57 Å². The maximum absolute atomic E-state index is 13.7.